The van der Waals surface area contributed by atoms with E-state index in [9.17, 15) is 9.59 Å². The molecule has 1 aromatic heterocycles. The largest absolute Gasteiger partial charge is 0.493 e. The predicted molar refractivity (Wildman–Crippen MR) is 98.3 cm³/mol. The molecular weight excluding hydrogens is 354 g/mol. The SMILES string of the molecule is COc1cccc(CNC(=O)c2ccc(C(=O)O)s2)c1OC1CCCC1. The molecule has 1 aliphatic rings. The van der Waals surface area contributed by atoms with E-state index < -0.39 is 5.97 Å². The fourth-order valence-electron chi connectivity index (χ4n) is 3.01. The number of carboxylic acid groups (broad SMARTS) is 1. The normalized spacial score (nSPS) is 14.2. The van der Waals surface area contributed by atoms with E-state index in [2.05, 4.69) is 5.32 Å². The highest BCUT2D eigenvalue weighted by atomic mass is 32.1. The highest BCUT2D eigenvalue weighted by Gasteiger charge is 2.21. The predicted octanol–water partition coefficient (Wildman–Crippen LogP) is 3.71. The van der Waals surface area contributed by atoms with E-state index in [-0.39, 0.29) is 23.4 Å². The van der Waals surface area contributed by atoms with Crippen LogP contribution in [-0.2, 0) is 6.54 Å². The molecule has 1 saturated carbocycles. The fourth-order valence-corrected chi connectivity index (χ4v) is 3.77. The second-order valence-corrected chi connectivity index (χ2v) is 7.21. The van der Waals surface area contributed by atoms with Crippen LogP contribution in [0, 0.1) is 0 Å². The minimum absolute atomic E-state index is 0.141. The molecular formula is C19H21NO5S. The van der Waals surface area contributed by atoms with Gasteiger partial charge in [-0.3, -0.25) is 4.79 Å². The van der Waals surface area contributed by atoms with Gasteiger partial charge in [-0.05, 0) is 43.9 Å². The van der Waals surface area contributed by atoms with Crippen LogP contribution in [0.25, 0.3) is 0 Å². The van der Waals surface area contributed by atoms with Crippen LogP contribution in [0.15, 0.2) is 30.3 Å². The summed E-state index contributed by atoms with van der Waals surface area (Å²) in [4.78, 5) is 23.7. The molecule has 2 N–H and O–H groups in total. The van der Waals surface area contributed by atoms with Crippen LogP contribution >= 0.6 is 11.3 Å². The summed E-state index contributed by atoms with van der Waals surface area (Å²) in [5, 5.41) is 11.8. The Labute approximate surface area is 155 Å². The number of methoxy groups -OCH3 is 1. The number of carbonyl (C=O) groups excluding carboxylic acids is 1. The van der Waals surface area contributed by atoms with Crippen LogP contribution in [0.5, 0.6) is 11.5 Å². The first kappa shape index (κ1) is 18.3. The van der Waals surface area contributed by atoms with Crippen molar-refractivity contribution < 1.29 is 24.2 Å². The van der Waals surface area contributed by atoms with Crippen molar-refractivity contribution in [3.63, 3.8) is 0 Å². The van der Waals surface area contributed by atoms with Crippen molar-refractivity contribution in [2.75, 3.05) is 7.11 Å². The van der Waals surface area contributed by atoms with Gasteiger partial charge in [0.05, 0.1) is 18.1 Å². The number of para-hydroxylation sites is 1. The van der Waals surface area contributed by atoms with E-state index in [0.717, 1.165) is 42.6 Å². The molecule has 0 saturated heterocycles. The molecule has 26 heavy (non-hydrogen) atoms. The maximum atomic E-state index is 12.3. The quantitative estimate of drug-likeness (QED) is 0.771. The zero-order chi connectivity index (χ0) is 18.5. The molecule has 2 aromatic rings. The molecule has 3 rings (SSSR count). The van der Waals surface area contributed by atoms with E-state index in [1.54, 1.807) is 7.11 Å². The molecule has 0 radical (unpaired) electrons. The Morgan fingerprint density at radius 1 is 1.19 bits per heavy atom. The minimum Gasteiger partial charge on any atom is -0.493 e. The first-order chi connectivity index (χ1) is 12.6. The lowest BCUT2D eigenvalue weighted by atomic mass is 10.1. The fraction of sp³-hybridized carbons (Fsp3) is 0.368. The van der Waals surface area contributed by atoms with Gasteiger partial charge in [0.2, 0.25) is 0 Å². The summed E-state index contributed by atoms with van der Waals surface area (Å²) < 4.78 is 11.6. The number of benzene rings is 1. The summed E-state index contributed by atoms with van der Waals surface area (Å²) in [5.74, 6) is -0.0289. The van der Waals surface area contributed by atoms with E-state index in [0.29, 0.717) is 16.4 Å². The van der Waals surface area contributed by atoms with Gasteiger partial charge in [0.25, 0.3) is 5.91 Å². The molecule has 1 aliphatic carbocycles. The van der Waals surface area contributed by atoms with Gasteiger partial charge in [-0.25, -0.2) is 4.79 Å². The maximum absolute atomic E-state index is 12.3. The van der Waals surface area contributed by atoms with Crippen molar-refractivity contribution in [3.05, 3.63) is 45.6 Å². The number of nitrogens with one attached hydrogen (secondary N) is 1. The topological polar surface area (TPSA) is 84.9 Å². The first-order valence-electron chi connectivity index (χ1n) is 8.52. The number of amides is 1. The average molecular weight is 375 g/mol. The summed E-state index contributed by atoms with van der Waals surface area (Å²) in [6.45, 7) is 0.276. The van der Waals surface area contributed by atoms with Crippen LogP contribution < -0.4 is 14.8 Å². The molecule has 1 fully saturated rings. The number of hydrogen-bond donors (Lipinski definition) is 2. The van der Waals surface area contributed by atoms with Crippen LogP contribution in [-0.4, -0.2) is 30.2 Å². The van der Waals surface area contributed by atoms with Crippen molar-refractivity contribution in [3.8, 4) is 11.5 Å². The molecule has 138 valence electrons. The molecule has 0 aliphatic heterocycles. The van der Waals surface area contributed by atoms with Gasteiger partial charge < -0.3 is 19.9 Å². The highest BCUT2D eigenvalue weighted by Crippen LogP contribution is 2.34. The van der Waals surface area contributed by atoms with Crippen LogP contribution in [0.4, 0.5) is 0 Å². The number of carboxylic acids is 1. The first-order valence-corrected chi connectivity index (χ1v) is 9.34. The average Bonchev–Trinajstić information content (AvgIpc) is 3.32. The molecule has 1 aromatic carbocycles. The second-order valence-electron chi connectivity index (χ2n) is 6.12. The highest BCUT2D eigenvalue weighted by molar-refractivity contribution is 7.15. The summed E-state index contributed by atoms with van der Waals surface area (Å²) in [7, 11) is 1.60. The van der Waals surface area contributed by atoms with E-state index >= 15 is 0 Å². The molecule has 6 nitrogen and oxygen atoms in total. The minimum atomic E-state index is -1.03. The molecule has 0 unspecified atom stereocenters. The van der Waals surface area contributed by atoms with Crippen LogP contribution in [0.3, 0.4) is 0 Å². The molecule has 0 bridgehead atoms. The number of hydrogen-bond acceptors (Lipinski definition) is 5. The van der Waals surface area contributed by atoms with Gasteiger partial charge in [0.1, 0.15) is 4.88 Å². The smallest absolute Gasteiger partial charge is 0.345 e. The van der Waals surface area contributed by atoms with Crippen molar-refractivity contribution in [2.24, 2.45) is 0 Å². The second kappa shape index (κ2) is 8.23. The van der Waals surface area contributed by atoms with Gasteiger partial charge in [-0.15, -0.1) is 11.3 Å². The van der Waals surface area contributed by atoms with Gasteiger partial charge in [0.15, 0.2) is 11.5 Å². The maximum Gasteiger partial charge on any atom is 0.345 e. The van der Waals surface area contributed by atoms with E-state index in [1.807, 2.05) is 18.2 Å². The third-order valence-corrected chi connectivity index (χ3v) is 5.42. The number of carbonyl (C=O) groups is 2. The number of thiophene rings is 1. The van der Waals surface area contributed by atoms with Gasteiger partial charge in [-0.1, -0.05) is 12.1 Å². The molecule has 1 amide bonds. The monoisotopic (exact) mass is 375 g/mol. The van der Waals surface area contributed by atoms with Gasteiger partial charge in [0, 0.05) is 12.1 Å². The Balaban J connectivity index is 1.71. The van der Waals surface area contributed by atoms with Crippen molar-refractivity contribution in [1.29, 1.82) is 0 Å². The molecule has 0 spiro atoms. The Kier molecular flexibility index (Phi) is 5.78. The third kappa shape index (κ3) is 4.16. The molecule has 1 heterocycles. The summed E-state index contributed by atoms with van der Waals surface area (Å²) in [6.07, 6.45) is 4.55. The zero-order valence-electron chi connectivity index (χ0n) is 14.5. The lowest BCUT2D eigenvalue weighted by Gasteiger charge is -2.19. The van der Waals surface area contributed by atoms with E-state index in [1.165, 1.54) is 12.1 Å². The summed E-state index contributed by atoms with van der Waals surface area (Å²) >= 11 is 0.955. The molecule has 0 atom stereocenters. The third-order valence-electron chi connectivity index (χ3n) is 4.35. The zero-order valence-corrected chi connectivity index (χ0v) is 15.3. The van der Waals surface area contributed by atoms with Gasteiger partial charge in [-0.2, -0.15) is 0 Å². The lowest BCUT2D eigenvalue weighted by Crippen LogP contribution is -2.23. The summed E-state index contributed by atoms with van der Waals surface area (Å²) in [6, 6.07) is 8.54. The Morgan fingerprint density at radius 3 is 2.58 bits per heavy atom. The lowest BCUT2D eigenvalue weighted by molar-refractivity contribution is 0.0702. The summed E-state index contributed by atoms with van der Waals surface area (Å²) in [5.41, 5.74) is 0.833. The number of ether oxygens (including phenoxy) is 2. The van der Waals surface area contributed by atoms with E-state index in [4.69, 9.17) is 14.6 Å². The molecule has 7 heteroatoms. The Morgan fingerprint density at radius 2 is 1.92 bits per heavy atom. The number of rotatable bonds is 7. The van der Waals surface area contributed by atoms with Crippen LogP contribution in [0.1, 0.15) is 50.6 Å². The van der Waals surface area contributed by atoms with Crippen molar-refractivity contribution in [2.45, 2.75) is 38.3 Å². The number of aromatic carboxylic acids is 1. The van der Waals surface area contributed by atoms with Gasteiger partial charge >= 0.3 is 5.97 Å². The van der Waals surface area contributed by atoms with Crippen molar-refractivity contribution in [1.82, 2.24) is 5.32 Å². The standard InChI is InChI=1S/C19H21NO5S/c1-24-14-8-4-5-12(17(14)25-13-6-2-3-7-13)11-20-18(21)15-9-10-16(26-15)19(22)23/h4-5,8-10,13H,2-3,6-7,11H2,1H3,(H,20,21)(H,22,23). The van der Waals surface area contributed by atoms with Crippen molar-refractivity contribution >= 4 is 23.2 Å². The van der Waals surface area contributed by atoms with Crippen LogP contribution in [0.2, 0.25) is 0 Å². The Bertz CT molecular complexity index is 795. The Hall–Kier alpha value is -2.54.